The minimum absolute atomic E-state index is 0.235. The maximum Gasteiger partial charge on any atom is 0.0897 e. The van der Waals surface area contributed by atoms with Crippen molar-refractivity contribution in [1.82, 2.24) is 5.32 Å². The fourth-order valence-corrected chi connectivity index (χ4v) is 3.93. The van der Waals surface area contributed by atoms with E-state index in [9.17, 15) is 5.11 Å². The highest BCUT2D eigenvalue weighted by atomic mass is 32.2. The number of ether oxygens (including phenoxy) is 1. The predicted molar refractivity (Wildman–Crippen MR) is 88.4 cm³/mol. The largest absolute Gasteiger partial charge is 0.389 e. The zero-order valence-corrected chi connectivity index (χ0v) is 14.4. The van der Waals surface area contributed by atoms with E-state index < -0.39 is 6.10 Å². The van der Waals surface area contributed by atoms with Crippen molar-refractivity contribution in [2.45, 2.75) is 76.4 Å². The van der Waals surface area contributed by atoms with Crippen molar-refractivity contribution >= 4 is 11.8 Å². The molecule has 3 nitrogen and oxygen atoms in total. The first kappa shape index (κ1) is 18.3. The second kappa shape index (κ2) is 10.0. The molecule has 0 aromatic heterocycles. The van der Waals surface area contributed by atoms with Crippen LogP contribution in [0.25, 0.3) is 0 Å². The quantitative estimate of drug-likeness (QED) is 0.687. The van der Waals surface area contributed by atoms with E-state index in [2.05, 4.69) is 32.3 Å². The molecule has 4 atom stereocenters. The Labute approximate surface area is 129 Å². The Kier molecular flexibility index (Phi) is 9.18. The third-order valence-electron chi connectivity index (χ3n) is 4.00. The lowest BCUT2D eigenvalue weighted by Gasteiger charge is -2.32. The van der Waals surface area contributed by atoms with Gasteiger partial charge in [0.05, 0.1) is 18.8 Å². The van der Waals surface area contributed by atoms with Crippen LogP contribution in [0.5, 0.6) is 0 Å². The number of thioether (sulfide) groups is 1. The van der Waals surface area contributed by atoms with Crippen LogP contribution in [0.2, 0.25) is 0 Å². The smallest absolute Gasteiger partial charge is 0.0897 e. The predicted octanol–water partition coefficient (Wildman–Crippen LogP) is 3.06. The van der Waals surface area contributed by atoms with Gasteiger partial charge in [-0.2, -0.15) is 11.8 Å². The maximum atomic E-state index is 10.0. The Hall–Kier alpha value is 0.230. The van der Waals surface area contributed by atoms with Crippen LogP contribution in [0.4, 0.5) is 0 Å². The molecular weight excluding hydrogens is 270 g/mol. The van der Waals surface area contributed by atoms with Gasteiger partial charge in [0, 0.05) is 17.8 Å². The van der Waals surface area contributed by atoms with Crippen LogP contribution in [0.3, 0.4) is 0 Å². The molecule has 0 saturated heterocycles. The van der Waals surface area contributed by atoms with Gasteiger partial charge in [-0.3, -0.25) is 0 Å². The van der Waals surface area contributed by atoms with Gasteiger partial charge >= 0.3 is 0 Å². The molecule has 1 aliphatic carbocycles. The van der Waals surface area contributed by atoms with Crippen LogP contribution >= 0.6 is 11.8 Å². The number of aliphatic hydroxyl groups excluding tert-OH is 1. The Morgan fingerprint density at radius 3 is 2.60 bits per heavy atom. The number of aliphatic hydroxyl groups is 1. The highest BCUT2D eigenvalue weighted by Crippen LogP contribution is 2.27. The van der Waals surface area contributed by atoms with Gasteiger partial charge in [0.2, 0.25) is 0 Å². The lowest BCUT2D eigenvalue weighted by atomic mass is 9.95. The molecule has 0 aromatic rings. The fraction of sp³-hybridized carbons (Fsp3) is 1.00. The van der Waals surface area contributed by atoms with Crippen LogP contribution in [0.1, 0.15) is 52.9 Å². The summed E-state index contributed by atoms with van der Waals surface area (Å²) in [7, 11) is 0. The Balaban J connectivity index is 2.16. The van der Waals surface area contributed by atoms with Crippen LogP contribution in [0, 0.1) is 5.92 Å². The van der Waals surface area contributed by atoms with Gasteiger partial charge in [-0.25, -0.2) is 0 Å². The molecule has 0 aromatic carbocycles. The number of hydrogen-bond donors (Lipinski definition) is 2. The molecule has 0 bridgehead atoms. The summed E-state index contributed by atoms with van der Waals surface area (Å²) in [5.41, 5.74) is 0. The lowest BCUT2D eigenvalue weighted by molar-refractivity contribution is -0.00951. The molecule has 0 radical (unpaired) electrons. The normalized spacial score (nSPS) is 26.7. The standard InChI is InChI=1S/C16H33NO2S/c1-12(2)9-13(3)19-11-14(18)10-17-15-7-5-6-8-16(15)20-4/h12-18H,5-11H2,1-4H3. The highest BCUT2D eigenvalue weighted by Gasteiger charge is 2.24. The highest BCUT2D eigenvalue weighted by molar-refractivity contribution is 7.99. The molecule has 120 valence electrons. The molecule has 0 amide bonds. The molecule has 0 heterocycles. The van der Waals surface area contributed by atoms with Gasteiger partial charge in [-0.15, -0.1) is 0 Å². The topological polar surface area (TPSA) is 41.5 Å². The van der Waals surface area contributed by atoms with Crippen LogP contribution < -0.4 is 5.32 Å². The third-order valence-corrected chi connectivity index (χ3v) is 5.17. The van der Waals surface area contributed by atoms with E-state index in [0.29, 0.717) is 30.4 Å². The van der Waals surface area contributed by atoms with Crippen molar-refractivity contribution in [3.05, 3.63) is 0 Å². The van der Waals surface area contributed by atoms with E-state index in [1.54, 1.807) is 0 Å². The first-order valence-electron chi connectivity index (χ1n) is 8.08. The summed E-state index contributed by atoms with van der Waals surface area (Å²) in [4.78, 5) is 0. The molecule has 1 aliphatic rings. The van der Waals surface area contributed by atoms with Gasteiger partial charge in [-0.1, -0.05) is 26.7 Å². The molecule has 20 heavy (non-hydrogen) atoms. The summed E-state index contributed by atoms with van der Waals surface area (Å²) in [5, 5.41) is 14.3. The monoisotopic (exact) mass is 303 g/mol. The maximum absolute atomic E-state index is 10.0. The van der Waals surface area contributed by atoms with Crippen LogP contribution in [-0.2, 0) is 4.74 Å². The van der Waals surface area contributed by atoms with Gasteiger partial charge in [-0.05, 0) is 38.4 Å². The van der Waals surface area contributed by atoms with Crippen molar-refractivity contribution in [1.29, 1.82) is 0 Å². The van der Waals surface area contributed by atoms with Crippen molar-refractivity contribution in [3.8, 4) is 0 Å². The first-order chi connectivity index (χ1) is 9.52. The lowest BCUT2D eigenvalue weighted by Crippen LogP contribution is -2.44. The summed E-state index contributed by atoms with van der Waals surface area (Å²) in [6.45, 7) is 7.58. The molecule has 1 saturated carbocycles. The molecular formula is C16H33NO2S. The third kappa shape index (κ3) is 7.30. The molecule has 4 heteroatoms. The van der Waals surface area contributed by atoms with Crippen molar-refractivity contribution in [3.63, 3.8) is 0 Å². The summed E-state index contributed by atoms with van der Waals surface area (Å²) in [6, 6.07) is 0.557. The SMILES string of the molecule is CSC1CCCCC1NCC(O)COC(C)CC(C)C. The first-order valence-corrected chi connectivity index (χ1v) is 9.37. The average molecular weight is 304 g/mol. The van der Waals surface area contributed by atoms with Crippen LogP contribution in [0.15, 0.2) is 0 Å². The van der Waals surface area contributed by atoms with Crippen molar-refractivity contribution < 1.29 is 9.84 Å². The van der Waals surface area contributed by atoms with Gasteiger partial charge in [0.25, 0.3) is 0 Å². The summed E-state index contributed by atoms with van der Waals surface area (Å²) >= 11 is 1.96. The molecule has 4 unspecified atom stereocenters. The molecule has 2 N–H and O–H groups in total. The van der Waals surface area contributed by atoms with E-state index in [4.69, 9.17) is 4.74 Å². The molecule has 1 fully saturated rings. The summed E-state index contributed by atoms with van der Waals surface area (Å²) in [5.74, 6) is 0.643. The zero-order valence-electron chi connectivity index (χ0n) is 13.6. The van der Waals surface area contributed by atoms with Gasteiger partial charge in [0.15, 0.2) is 0 Å². The summed E-state index contributed by atoms with van der Waals surface area (Å²) in [6.07, 6.45) is 8.29. The fourth-order valence-electron chi connectivity index (χ4n) is 2.97. The Bertz CT molecular complexity index is 251. The van der Waals surface area contributed by atoms with Crippen molar-refractivity contribution in [2.24, 2.45) is 5.92 Å². The van der Waals surface area contributed by atoms with E-state index >= 15 is 0 Å². The zero-order chi connectivity index (χ0) is 15.0. The van der Waals surface area contributed by atoms with Crippen LogP contribution in [-0.4, -0.2) is 48.0 Å². The van der Waals surface area contributed by atoms with Gasteiger partial charge < -0.3 is 15.2 Å². The molecule has 1 rings (SSSR count). The van der Waals surface area contributed by atoms with E-state index in [1.165, 1.54) is 25.7 Å². The molecule has 0 spiro atoms. The minimum atomic E-state index is -0.394. The number of nitrogens with one attached hydrogen (secondary N) is 1. The molecule has 0 aliphatic heterocycles. The van der Waals surface area contributed by atoms with Crippen molar-refractivity contribution in [2.75, 3.05) is 19.4 Å². The van der Waals surface area contributed by atoms with E-state index in [1.807, 2.05) is 11.8 Å². The Morgan fingerprint density at radius 2 is 1.95 bits per heavy atom. The minimum Gasteiger partial charge on any atom is -0.389 e. The van der Waals surface area contributed by atoms with Gasteiger partial charge in [0.1, 0.15) is 0 Å². The van der Waals surface area contributed by atoms with E-state index in [-0.39, 0.29) is 6.10 Å². The average Bonchev–Trinajstić information content (AvgIpc) is 2.42. The summed E-state index contributed by atoms with van der Waals surface area (Å²) < 4.78 is 5.71. The second-order valence-corrected chi connectivity index (χ2v) is 7.58. The second-order valence-electron chi connectivity index (χ2n) is 6.50. The van der Waals surface area contributed by atoms with E-state index in [0.717, 1.165) is 6.42 Å². The number of hydrogen-bond acceptors (Lipinski definition) is 4. The number of rotatable bonds is 9. The Morgan fingerprint density at radius 1 is 1.25 bits per heavy atom.